The van der Waals surface area contributed by atoms with Crippen LogP contribution in [0.1, 0.15) is 18.5 Å². The van der Waals surface area contributed by atoms with Crippen LogP contribution >= 0.6 is 11.6 Å². The third kappa shape index (κ3) is 6.30. The summed E-state index contributed by atoms with van der Waals surface area (Å²) in [5, 5.41) is 7.31. The van der Waals surface area contributed by atoms with E-state index in [-0.39, 0.29) is 5.91 Å². The van der Waals surface area contributed by atoms with Crippen LogP contribution in [0.15, 0.2) is 73.7 Å². The van der Waals surface area contributed by atoms with Crippen LogP contribution < -0.4 is 20.1 Å². The second-order valence-electron chi connectivity index (χ2n) is 10.2. The Kier molecular flexibility index (Phi) is 8.45. The van der Waals surface area contributed by atoms with Crippen molar-refractivity contribution in [1.82, 2.24) is 19.9 Å². The normalized spacial score (nSPS) is 18.0. The maximum Gasteiger partial charge on any atom is 0.247 e. The number of amides is 1. The summed E-state index contributed by atoms with van der Waals surface area (Å²) < 4.78 is 17.7. The third-order valence-electron chi connectivity index (χ3n) is 7.47. The molecule has 2 fully saturated rings. The maximum atomic E-state index is 12.3. The fraction of sp³-hybridized carbons (Fsp3) is 0.290. The number of ether oxygens (including phenoxy) is 3. The van der Waals surface area contributed by atoms with Crippen LogP contribution in [-0.4, -0.2) is 64.2 Å². The molecule has 2 N–H and O–H groups in total. The van der Waals surface area contributed by atoms with E-state index in [0.29, 0.717) is 69.9 Å². The highest BCUT2D eigenvalue weighted by atomic mass is 35.5. The van der Waals surface area contributed by atoms with Crippen LogP contribution in [-0.2, 0) is 16.1 Å². The standard InChI is InChI=1S/C31H31ClN6O4/c1-2-30(39)37-27-14-24-26(15-29(27)41-12-11-38-22-7-8-23(38)18-40-17-22)34-19-35-31(24)36-20-6-9-28(25(32)13-20)42-16-21-5-3-4-10-33-21/h2-6,9-10,13-15,19,22-23H,1,7-8,11-12,16-18H2,(H,37,39)(H,34,35,36). The molecule has 2 aliphatic heterocycles. The van der Waals surface area contributed by atoms with Gasteiger partial charge in [-0.1, -0.05) is 24.2 Å². The Bertz CT molecular complexity index is 1570. The van der Waals surface area contributed by atoms with E-state index in [9.17, 15) is 4.79 Å². The van der Waals surface area contributed by atoms with Gasteiger partial charge in [0.25, 0.3) is 0 Å². The molecule has 2 aliphatic rings. The second-order valence-corrected chi connectivity index (χ2v) is 10.6. The Labute approximate surface area is 248 Å². The van der Waals surface area contributed by atoms with Crippen molar-refractivity contribution in [3.63, 3.8) is 0 Å². The van der Waals surface area contributed by atoms with E-state index >= 15 is 0 Å². The Balaban J connectivity index is 1.20. The zero-order valence-corrected chi connectivity index (χ0v) is 23.7. The Morgan fingerprint density at radius 2 is 1.93 bits per heavy atom. The van der Waals surface area contributed by atoms with E-state index in [2.05, 4.69) is 37.1 Å². The number of benzene rings is 2. The van der Waals surface area contributed by atoms with E-state index in [1.165, 1.54) is 12.4 Å². The van der Waals surface area contributed by atoms with Gasteiger partial charge in [-0.3, -0.25) is 14.7 Å². The van der Waals surface area contributed by atoms with Crippen LogP contribution in [0.5, 0.6) is 11.5 Å². The van der Waals surface area contributed by atoms with Gasteiger partial charge in [0.2, 0.25) is 5.91 Å². The average Bonchev–Trinajstić information content (AvgIpc) is 3.22. The summed E-state index contributed by atoms with van der Waals surface area (Å²) in [5.74, 6) is 1.27. The van der Waals surface area contributed by atoms with Gasteiger partial charge in [-0.2, -0.15) is 0 Å². The Morgan fingerprint density at radius 3 is 2.69 bits per heavy atom. The zero-order valence-electron chi connectivity index (χ0n) is 23.0. The SMILES string of the molecule is C=CC(=O)Nc1cc2c(Nc3ccc(OCc4ccccn4)c(Cl)c3)ncnc2cc1OCCN1C2CCC1COC2. The van der Waals surface area contributed by atoms with Gasteiger partial charge in [-0.15, -0.1) is 0 Å². The number of nitrogens with one attached hydrogen (secondary N) is 2. The van der Waals surface area contributed by atoms with Gasteiger partial charge in [0.1, 0.15) is 36.9 Å². The zero-order chi connectivity index (χ0) is 28.9. The first kappa shape index (κ1) is 27.9. The molecule has 0 saturated carbocycles. The van der Waals surface area contributed by atoms with Crippen molar-refractivity contribution in [1.29, 1.82) is 0 Å². The Hall–Kier alpha value is -4.25. The largest absolute Gasteiger partial charge is 0.490 e. The first-order valence-electron chi connectivity index (χ1n) is 13.8. The van der Waals surface area contributed by atoms with Crippen molar-refractivity contribution in [2.45, 2.75) is 31.5 Å². The number of carbonyl (C=O) groups excluding carboxylic acids is 1. The predicted octanol–water partition coefficient (Wildman–Crippen LogP) is 5.37. The molecular formula is C31H31ClN6O4. The molecule has 2 unspecified atom stereocenters. The minimum absolute atomic E-state index is 0.307. The molecule has 2 aromatic carbocycles. The van der Waals surface area contributed by atoms with Crippen LogP contribution in [0, 0.1) is 0 Å². The van der Waals surface area contributed by atoms with E-state index in [1.54, 1.807) is 24.4 Å². The number of hydrogen-bond donors (Lipinski definition) is 2. The van der Waals surface area contributed by atoms with Crippen molar-refractivity contribution in [2.24, 2.45) is 0 Å². The van der Waals surface area contributed by atoms with Gasteiger partial charge in [0, 0.05) is 42.0 Å². The highest BCUT2D eigenvalue weighted by Crippen LogP contribution is 2.35. The number of aromatic nitrogens is 3. The maximum absolute atomic E-state index is 12.3. The summed E-state index contributed by atoms with van der Waals surface area (Å²) in [6, 6.07) is 15.6. The summed E-state index contributed by atoms with van der Waals surface area (Å²) in [6.07, 6.45) is 6.73. The van der Waals surface area contributed by atoms with Gasteiger partial charge in [0.05, 0.1) is 35.1 Å². The molecular weight excluding hydrogens is 556 g/mol. The summed E-state index contributed by atoms with van der Waals surface area (Å²) in [5.41, 5.74) is 2.68. The molecule has 0 spiro atoms. The lowest BCUT2D eigenvalue weighted by Gasteiger charge is -2.34. The lowest BCUT2D eigenvalue weighted by molar-refractivity contribution is -0.111. The fourth-order valence-corrected chi connectivity index (χ4v) is 5.63. The molecule has 1 amide bonds. The van der Waals surface area contributed by atoms with Crippen LogP contribution in [0.4, 0.5) is 17.2 Å². The number of nitrogens with zero attached hydrogens (tertiary/aromatic N) is 4. The molecule has 4 heterocycles. The van der Waals surface area contributed by atoms with Gasteiger partial charge in [-0.25, -0.2) is 9.97 Å². The molecule has 2 aromatic heterocycles. The minimum atomic E-state index is -0.343. The van der Waals surface area contributed by atoms with E-state index < -0.39 is 0 Å². The second kappa shape index (κ2) is 12.7. The minimum Gasteiger partial charge on any atom is -0.490 e. The topological polar surface area (TPSA) is 111 Å². The number of pyridine rings is 1. The van der Waals surface area contributed by atoms with Crippen molar-refractivity contribution in [3.8, 4) is 11.5 Å². The highest BCUT2D eigenvalue weighted by Gasteiger charge is 2.36. The monoisotopic (exact) mass is 586 g/mol. The molecule has 216 valence electrons. The molecule has 2 saturated heterocycles. The fourth-order valence-electron chi connectivity index (χ4n) is 5.39. The summed E-state index contributed by atoms with van der Waals surface area (Å²) in [7, 11) is 0. The molecule has 2 bridgehead atoms. The van der Waals surface area contributed by atoms with E-state index in [4.69, 9.17) is 25.8 Å². The van der Waals surface area contributed by atoms with Gasteiger partial charge in [0.15, 0.2) is 0 Å². The average molecular weight is 587 g/mol. The quantitative estimate of drug-likeness (QED) is 0.224. The molecule has 2 atom stereocenters. The molecule has 6 rings (SSSR count). The van der Waals surface area contributed by atoms with Gasteiger partial charge >= 0.3 is 0 Å². The highest BCUT2D eigenvalue weighted by molar-refractivity contribution is 6.32. The van der Waals surface area contributed by atoms with E-state index in [1.807, 2.05) is 30.3 Å². The van der Waals surface area contributed by atoms with Crippen LogP contribution in [0.25, 0.3) is 10.9 Å². The van der Waals surface area contributed by atoms with Crippen molar-refractivity contribution in [2.75, 3.05) is 37.0 Å². The molecule has 0 radical (unpaired) electrons. The molecule has 0 aliphatic carbocycles. The number of halogens is 1. The van der Waals surface area contributed by atoms with Crippen LogP contribution in [0.3, 0.4) is 0 Å². The number of anilines is 3. The van der Waals surface area contributed by atoms with Gasteiger partial charge < -0.3 is 24.8 Å². The van der Waals surface area contributed by atoms with Crippen LogP contribution in [0.2, 0.25) is 5.02 Å². The van der Waals surface area contributed by atoms with Crippen molar-refractivity contribution < 1.29 is 19.0 Å². The summed E-state index contributed by atoms with van der Waals surface area (Å²) in [4.78, 5) is 27.9. The predicted molar refractivity (Wildman–Crippen MR) is 161 cm³/mol. The van der Waals surface area contributed by atoms with Crippen molar-refractivity contribution >= 4 is 45.6 Å². The third-order valence-corrected chi connectivity index (χ3v) is 7.77. The van der Waals surface area contributed by atoms with Crippen molar-refractivity contribution in [3.05, 3.63) is 84.4 Å². The first-order chi connectivity index (χ1) is 20.6. The lowest BCUT2D eigenvalue weighted by atomic mass is 10.1. The number of fused-ring (bicyclic) bond motifs is 3. The molecule has 42 heavy (non-hydrogen) atoms. The lowest BCUT2D eigenvalue weighted by Crippen LogP contribution is -2.47. The Morgan fingerprint density at radius 1 is 1.07 bits per heavy atom. The molecule has 11 heteroatoms. The number of hydrogen-bond acceptors (Lipinski definition) is 9. The van der Waals surface area contributed by atoms with Gasteiger partial charge in [-0.05, 0) is 55.3 Å². The summed E-state index contributed by atoms with van der Waals surface area (Å²) in [6.45, 7) is 6.68. The number of morpholine rings is 1. The first-order valence-corrected chi connectivity index (χ1v) is 14.2. The number of carbonyl (C=O) groups is 1. The molecule has 10 nitrogen and oxygen atoms in total. The smallest absolute Gasteiger partial charge is 0.247 e. The number of rotatable bonds is 11. The molecule has 4 aromatic rings. The summed E-state index contributed by atoms with van der Waals surface area (Å²) >= 11 is 6.52. The van der Waals surface area contributed by atoms with E-state index in [0.717, 1.165) is 38.3 Å².